The van der Waals surface area contributed by atoms with Crippen molar-refractivity contribution in [1.82, 2.24) is 14.7 Å². The summed E-state index contributed by atoms with van der Waals surface area (Å²) in [5.41, 5.74) is 0.807. The zero-order valence-corrected chi connectivity index (χ0v) is 16.9. The number of morpholine rings is 1. The molecule has 1 aromatic carbocycles. The second kappa shape index (κ2) is 8.78. The molecule has 154 valence electrons. The van der Waals surface area contributed by atoms with Gasteiger partial charge in [-0.3, -0.25) is 9.59 Å². The second-order valence-corrected chi connectivity index (χ2v) is 7.97. The predicted molar refractivity (Wildman–Crippen MR) is 111 cm³/mol. The quantitative estimate of drug-likeness (QED) is 0.792. The minimum atomic E-state index is -0.250. The fraction of sp³-hybridized carbons (Fsp3) is 0.500. The fourth-order valence-corrected chi connectivity index (χ4v) is 3.93. The van der Waals surface area contributed by atoms with Crippen LogP contribution < -0.4 is 10.5 Å². The maximum absolute atomic E-state index is 12.9. The largest absolute Gasteiger partial charge is 0.370 e. The number of nitrogens with zero attached hydrogens (tertiary/aromatic N) is 4. The molecule has 0 saturated carbocycles. The molecule has 0 N–H and O–H groups in total. The lowest BCUT2D eigenvalue weighted by Crippen LogP contribution is -2.45. The molecule has 0 spiro atoms. The molecule has 1 amide bonds. The van der Waals surface area contributed by atoms with E-state index in [1.807, 2.05) is 30.3 Å². The highest BCUT2D eigenvalue weighted by Gasteiger charge is 2.26. The maximum atomic E-state index is 12.9. The van der Waals surface area contributed by atoms with Crippen molar-refractivity contribution in [2.45, 2.75) is 32.4 Å². The van der Waals surface area contributed by atoms with Crippen LogP contribution in [0.25, 0.3) is 0 Å². The van der Waals surface area contributed by atoms with Crippen LogP contribution in [0.3, 0.4) is 0 Å². The minimum Gasteiger partial charge on any atom is -0.370 e. The number of carbonyl (C=O) groups excluding carboxylic acids is 1. The summed E-state index contributed by atoms with van der Waals surface area (Å²) in [5.74, 6) is 1.39. The van der Waals surface area contributed by atoms with Crippen LogP contribution in [-0.4, -0.2) is 53.4 Å². The Kier molecular flexibility index (Phi) is 5.94. The van der Waals surface area contributed by atoms with Gasteiger partial charge < -0.3 is 14.5 Å². The van der Waals surface area contributed by atoms with Gasteiger partial charge in [-0.15, -0.1) is 0 Å². The summed E-state index contributed by atoms with van der Waals surface area (Å²) in [4.78, 5) is 29.1. The molecule has 2 aliphatic heterocycles. The normalized spacial score (nSPS) is 20.7. The highest BCUT2D eigenvalue weighted by atomic mass is 16.5. The number of carbonyl (C=O) groups is 1. The first kappa shape index (κ1) is 19.6. The van der Waals surface area contributed by atoms with E-state index in [4.69, 9.17) is 4.74 Å². The predicted octanol–water partition coefficient (Wildman–Crippen LogP) is 2.08. The summed E-state index contributed by atoms with van der Waals surface area (Å²) in [6, 6.07) is 13.2. The molecule has 1 atom stereocenters. The molecule has 0 aliphatic carbocycles. The van der Waals surface area contributed by atoms with E-state index in [1.54, 1.807) is 11.0 Å². The van der Waals surface area contributed by atoms with Crippen LogP contribution in [0.2, 0.25) is 0 Å². The van der Waals surface area contributed by atoms with Gasteiger partial charge in [0.05, 0.1) is 13.2 Å². The Morgan fingerprint density at radius 3 is 2.62 bits per heavy atom. The highest BCUT2D eigenvalue weighted by Crippen LogP contribution is 2.22. The first-order valence-corrected chi connectivity index (χ1v) is 10.4. The van der Waals surface area contributed by atoms with Crippen LogP contribution in [0.1, 0.15) is 31.4 Å². The van der Waals surface area contributed by atoms with Gasteiger partial charge >= 0.3 is 0 Å². The molecule has 4 rings (SSSR count). The first-order chi connectivity index (χ1) is 14.1. The van der Waals surface area contributed by atoms with Crippen LogP contribution >= 0.6 is 0 Å². The number of ether oxygens (including phenoxy) is 1. The Morgan fingerprint density at radius 1 is 1.10 bits per heavy atom. The van der Waals surface area contributed by atoms with Gasteiger partial charge in [0.15, 0.2) is 0 Å². The zero-order chi connectivity index (χ0) is 20.2. The second-order valence-electron chi connectivity index (χ2n) is 7.97. The summed E-state index contributed by atoms with van der Waals surface area (Å²) in [5, 5.41) is 4.48. The molecule has 0 bridgehead atoms. The molecule has 7 heteroatoms. The molecule has 2 aliphatic rings. The smallest absolute Gasteiger partial charge is 0.267 e. The number of piperidine rings is 1. The first-order valence-electron chi connectivity index (χ1n) is 10.4. The molecule has 2 aromatic rings. The topological polar surface area (TPSA) is 67.7 Å². The molecule has 29 heavy (non-hydrogen) atoms. The molecule has 3 heterocycles. The number of anilines is 1. The van der Waals surface area contributed by atoms with Crippen molar-refractivity contribution in [2.24, 2.45) is 5.92 Å². The molecular formula is C22H28N4O3. The lowest BCUT2D eigenvalue weighted by Gasteiger charge is -2.33. The number of amides is 1. The van der Waals surface area contributed by atoms with Crippen molar-refractivity contribution in [3.63, 3.8) is 0 Å². The van der Waals surface area contributed by atoms with E-state index < -0.39 is 0 Å². The highest BCUT2D eigenvalue weighted by molar-refractivity contribution is 5.76. The van der Waals surface area contributed by atoms with Crippen LogP contribution in [0.15, 0.2) is 47.3 Å². The van der Waals surface area contributed by atoms with Gasteiger partial charge in [0.1, 0.15) is 18.5 Å². The van der Waals surface area contributed by atoms with Crippen molar-refractivity contribution < 1.29 is 9.53 Å². The van der Waals surface area contributed by atoms with E-state index in [0.717, 1.165) is 43.2 Å². The van der Waals surface area contributed by atoms with Gasteiger partial charge in [-0.25, -0.2) is 4.68 Å². The Balaban J connectivity index is 1.44. The summed E-state index contributed by atoms with van der Waals surface area (Å²) in [6.45, 7) is 5.58. The van der Waals surface area contributed by atoms with Crippen molar-refractivity contribution in [3.05, 3.63) is 58.4 Å². The number of aromatic nitrogens is 2. The summed E-state index contributed by atoms with van der Waals surface area (Å²) in [6.07, 6.45) is 2.10. The van der Waals surface area contributed by atoms with Gasteiger partial charge in [-0.1, -0.05) is 37.3 Å². The Labute approximate surface area is 170 Å². The lowest BCUT2D eigenvalue weighted by atomic mass is 9.99. The molecular weight excluding hydrogens is 368 g/mol. The van der Waals surface area contributed by atoms with Gasteiger partial charge in [-0.2, -0.15) is 5.10 Å². The summed E-state index contributed by atoms with van der Waals surface area (Å²) < 4.78 is 7.14. The lowest BCUT2D eigenvalue weighted by molar-refractivity contribution is -0.139. The molecule has 2 saturated heterocycles. The number of hydrogen-bond donors (Lipinski definition) is 0. The fourth-order valence-electron chi connectivity index (χ4n) is 3.93. The summed E-state index contributed by atoms with van der Waals surface area (Å²) >= 11 is 0. The monoisotopic (exact) mass is 396 g/mol. The van der Waals surface area contributed by atoms with E-state index in [2.05, 4.69) is 16.9 Å². The zero-order valence-electron chi connectivity index (χ0n) is 16.9. The van der Waals surface area contributed by atoms with Gasteiger partial charge in [0, 0.05) is 25.7 Å². The van der Waals surface area contributed by atoms with Gasteiger partial charge in [0.25, 0.3) is 5.56 Å². The van der Waals surface area contributed by atoms with E-state index in [9.17, 15) is 9.59 Å². The van der Waals surface area contributed by atoms with E-state index in [-0.39, 0.29) is 24.1 Å². The molecule has 2 fully saturated rings. The van der Waals surface area contributed by atoms with E-state index in [0.29, 0.717) is 19.7 Å². The Morgan fingerprint density at radius 2 is 1.86 bits per heavy atom. The standard InChI is InChI=1S/C22H28N4O3/c1-17-9-11-24(12-10-17)20-7-8-21(27)26(23-20)16-22(28)25-13-14-29-19(15-25)18-5-3-2-4-6-18/h2-8,17,19H,9-16H2,1H3/t19-/m0/s1. The number of rotatable bonds is 4. The van der Waals surface area contributed by atoms with E-state index in [1.165, 1.54) is 10.7 Å². The third-order valence-electron chi connectivity index (χ3n) is 5.84. The number of benzene rings is 1. The summed E-state index contributed by atoms with van der Waals surface area (Å²) in [7, 11) is 0. The third-order valence-corrected chi connectivity index (χ3v) is 5.84. The Hall–Kier alpha value is -2.67. The van der Waals surface area contributed by atoms with Crippen LogP contribution in [0.4, 0.5) is 5.82 Å². The Bertz CT molecular complexity index is 890. The molecule has 0 unspecified atom stereocenters. The molecule has 0 radical (unpaired) electrons. The molecule has 1 aromatic heterocycles. The van der Waals surface area contributed by atoms with Crippen molar-refractivity contribution in [3.8, 4) is 0 Å². The van der Waals surface area contributed by atoms with Gasteiger partial charge in [-0.05, 0) is 30.4 Å². The average molecular weight is 396 g/mol. The van der Waals surface area contributed by atoms with Crippen molar-refractivity contribution in [2.75, 3.05) is 37.7 Å². The van der Waals surface area contributed by atoms with Crippen LogP contribution in [-0.2, 0) is 16.1 Å². The van der Waals surface area contributed by atoms with Crippen LogP contribution in [0.5, 0.6) is 0 Å². The van der Waals surface area contributed by atoms with E-state index >= 15 is 0 Å². The van der Waals surface area contributed by atoms with Crippen LogP contribution in [0, 0.1) is 5.92 Å². The SMILES string of the molecule is CC1CCN(c2ccc(=O)n(CC(=O)N3CCO[C@H](c4ccccc4)C3)n2)CC1. The van der Waals surface area contributed by atoms with Crippen molar-refractivity contribution >= 4 is 11.7 Å². The molecule has 7 nitrogen and oxygen atoms in total. The van der Waals surface area contributed by atoms with Crippen molar-refractivity contribution in [1.29, 1.82) is 0 Å². The maximum Gasteiger partial charge on any atom is 0.267 e. The number of hydrogen-bond acceptors (Lipinski definition) is 5. The average Bonchev–Trinajstić information content (AvgIpc) is 2.76. The third kappa shape index (κ3) is 4.67. The minimum absolute atomic E-state index is 0.0432. The van der Waals surface area contributed by atoms with Gasteiger partial charge in [0.2, 0.25) is 5.91 Å².